The van der Waals surface area contributed by atoms with Crippen molar-refractivity contribution in [3.05, 3.63) is 62.2 Å². The van der Waals surface area contributed by atoms with Crippen molar-refractivity contribution in [1.82, 2.24) is 14.4 Å². The van der Waals surface area contributed by atoms with Gasteiger partial charge in [-0.05, 0) is 65.5 Å². The molecule has 0 bridgehead atoms. The Labute approximate surface area is 171 Å². The van der Waals surface area contributed by atoms with Crippen molar-refractivity contribution < 1.29 is 4.74 Å². The first-order valence-electron chi connectivity index (χ1n) is 8.98. The van der Waals surface area contributed by atoms with Gasteiger partial charge in [-0.1, -0.05) is 19.1 Å². The summed E-state index contributed by atoms with van der Waals surface area (Å²) >= 11 is 2.21. The van der Waals surface area contributed by atoms with Crippen molar-refractivity contribution in [2.24, 2.45) is 5.92 Å². The Morgan fingerprint density at radius 2 is 2.11 bits per heavy atom. The predicted molar refractivity (Wildman–Crippen MR) is 115 cm³/mol. The third-order valence-electron chi connectivity index (χ3n) is 5.01. The summed E-state index contributed by atoms with van der Waals surface area (Å²) in [7, 11) is 1.63. The van der Waals surface area contributed by atoms with E-state index in [9.17, 15) is 4.79 Å². The summed E-state index contributed by atoms with van der Waals surface area (Å²) in [4.78, 5) is 21.8. The van der Waals surface area contributed by atoms with Crippen LogP contribution in [-0.4, -0.2) is 21.5 Å². The van der Waals surface area contributed by atoms with E-state index in [1.54, 1.807) is 13.2 Å². The Morgan fingerprint density at radius 1 is 1.26 bits per heavy atom. The molecule has 0 aliphatic heterocycles. The van der Waals surface area contributed by atoms with Crippen molar-refractivity contribution in [2.75, 3.05) is 7.11 Å². The maximum Gasteiger partial charge on any atom is 0.259 e. The Kier molecular flexibility index (Phi) is 4.99. The van der Waals surface area contributed by atoms with E-state index in [-0.39, 0.29) is 5.56 Å². The molecule has 0 radical (unpaired) electrons. The number of hydrogen-bond donors (Lipinski definition) is 0. The Bertz CT molecular complexity index is 1100. The minimum Gasteiger partial charge on any atom is -0.496 e. The number of rotatable bonds is 3. The van der Waals surface area contributed by atoms with Crippen LogP contribution < -0.4 is 10.3 Å². The van der Waals surface area contributed by atoms with Crippen LogP contribution in [0.15, 0.2) is 47.5 Å². The fourth-order valence-corrected chi connectivity index (χ4v) is 3.91. The van der Waals surface area contributed by atoms with Crippen LogP contribution in [0, 0.1) is 9.49 Å². The predicted octanol–water partition coefficient (Wildman–Crippen LogP) is 4.57. The van der Waals surface area contributed by atoms with Crippen LogP contribution in [0.1, 0.15) is 31.7 Å². The second-order valence-corrected chi connectivity index (χ2v) is 8.11. The third-order valence-corrected chi connectivity index (χ3v) is 5.90. The average molecular weight is 473 g/mol. The highest BCUT2D eigenvalue weighted by atomic mass is 127. The molecule has 138 valence electrons. The molecular weight excluding hydrogens is 453 g/mol. The van der Waals surface area contributed by atoms with Crippen LogP contribution >= 0.6 is 22.6 Å². The van der Waals surface area contributed by atoms with Gasteiger partial charge in [0.25, 0.3) is 5.56 Å². The molecule has 4 rings (SSSR count). The first-order valence-corrected chi connectivity index (χ1v) is 10.1. The zero-order valence-electron chi connectivity index (χ0n) is 15.3. The molecule has 6 heteroatoms. The smallest absolute Gasteiger partial charge is 0.259 e. The van der Waals surface area contributed by atoms with E-state index in [1.807, 2.05) is 30.6 Å². The van der Waals surface area contributed by atoms with Crippen LogP contribution in [0.4, 0.5) is 0 Å². The first-order chi connectivity index (χ1) is 13.0. The molecule has 27 heavy (non-hydrogen) atoms. The monoisotopic (exact) mass is 473 g/mol. The number of fused-ring (bicyclic) bond motifs is 1. The van der Waals surface area contributed by atoms with Gasteiger partial charge < -0.3 is 4.74 Å². The van der Waals surface area contributed by atoms with Crippen molar-refractivity contribution in [3.63, 3.8) is 0 Å². The summed E-state index contributed by atoms with van der Waals surface area (Å²) < 4.78 is 7.91. The normalized spacial score (nSPS) is 17.0. The summed E-state index contributed by atoms with van der Waals surface area (Å²) in [5, 5.41) is 0. The molecule has 0 saturated carbocycles. The van der Waals surface area contributed by atoms with Crippen LogP contribution in [0.2, 0.25) is 0 Å². The molecule has 2 heterocycles. The van der Waals surface area contributed by atoms with E-state index in [0.717, 1.165) is 39.2 Å². The molecule has 0 amide bonds. The van der Waals surface area contributed by atoms with Gasteiger partial charge in [0.2, 0.25) is 5.78 Å². The first kappa shape index (κ1) is 18.2. The van der Waals surface area contributed by atoms with Gasteiger partial charge in [-0.25, -0.2) is 9.97 Å². The van der Waals surface area contributed by atoms with Gasteiger partial charge in [0.15, 0.2) is 0 Å². The number of methoxy groups -OCH3 is 1. The Hall–Kier alpha value is -2.22. The van der Waals surface area contributed by atoms with E-state index >= 15 is 0 Å². The minimum absolute atomic E-state index is 0.133. The summed E-state index contributed by atoms with van der Waals surface area (Å²) in [6.07, 6.45) is 9.22. The average Bonchev–Trinajstić information content (AvgIpc) is 2.68. The quantitative estimate of drug-likeness (QED) is 0.523. The molecule has 0 fully saturated rings. The second kappa shape index (κ2) is 7.42. The van der Waals surface area contributed by atoms with Crippen molar-refractivity contribution in [3.8, 4) is 17.0 Å². The highest BCUT2D eigenvalue weighted by Gasteiger charge is 2.14. The molecule has 0 saturated heterocycles. The molecule has 0 spiro atoms. The summed E-state index contributed by atoms with van der Waals surface area (Å²) in [5.41, 5.74) is 3.57. The highest BCUT2D eigenvalue weighted by Crippen LogP contribution is 2.30. The molecule has 2 aromatic heterocycles. The van der Waals surface area contributed by atoms with Gasteiger partial charge >= 0.3 is 0 Å². The van der Waals surface area contributed by atoms with Crippen LogP contribution in [0.3, 0.4) is 0 Å². The summed E-state index contributed by atoms with van der Waals surface area (Å²) in [6.45, 7) is 2.27. The Morgan fingerprint density at radius 3 is 2.85 bits per heavy atom. The lowest BCUT2D eigenvalue weighted by molar-refractivity contribution is 0.412. The fraction of sp³-hybridized carbons (Fsp3) is 0.286. The maximum absolute atomic E-state index is 12.7. The SMILES string of the molecule is COc1cc(-c2cc(=O)n3cc(C4=CC[C@@H](C)CC4)cnc3n2)ccc1I. The van der Waals surface area contributed by atoms with Crippen molar-refractivity contribution >= 4 is 33.9 Å². The van der Waals surface area contributed by atoms with Gasteiger partial charge in [-0.2, -0.15) is 0 Å². The molecule has 0 N–H and O–H groups in total. The van der Waals surface area contributed by atoms with E-state index in [0.29, 0.717) is 11.5 Å². The summed E-state index contributed by atoms with van der Waals surface area (Å²) in [5.74, 6) is 1.89. The molecule has 1 aliphatic rings. The van der Waals surface area contributed by atoms with Crippen LogP contribution in [0.25, 0.3) is 22.6 Å². The van der Waals surface area contributed by atoms with E-state index in [2.05, 4.69) is 45.6 Å². The van der Waals surface area contributed by atoms with E-state index in [4.69, 9.17) is 4.74 Å². The molecule has 1 aliphatic carbocycles. The van der Waals surface area contributed by atoms with E-state index < -0.39 is 0 Å². The molecule has 1 atom stereocenters. The molecule has 0 unspecified atom stereocenters. The lowest BCUT2D eigenvalue weighted by Crippen LogP contribution is -2.16. The van der Waals surface area contributed by atoms with Crippen molar-refractivity contribution in [1.29, 1.82) is 0 Å². The molecule has 3 aromatic rings. The molecule has 1 aromatic carbocycles. The van der Waals surface area contributed by atoms with Crippen molar-refractivity contribution in [2.45, 2.75) is 26.2 Å². The molecule has 5 nitrogen and oxygen atoms in total. The Balaban J connectivity index is 1.77. The number of halogens is 1. The lowest BCUT2D eigenvalue weighted by Gasteiger charge is -2.18. The van der Waals surface area contributed by atoms with Gasteiger partial charge in [0, 0.05) is 29.6 Å². The van der Waals surface area contributed by atoms with Crippen LogP contribution in [-0.2, 0) is 0 Å². The number of aromatic nitrogens is 3. The maximum atomic E-state index is 12.7. The van der Waals surface area contributed by atoms with Gasteiger partial charge in [0.1, 0.15) is 5.75 Å². The largest absolute Gasteiger partial charge is 0.496 e. The highest BCUT2D eigenvalue weighted by molar-refractivity contribution is 14.1. The standard InChI is InChI=1S/C21H20IN3O2/c1-13-3-5-14(6-4-13)16-11-23-21-24-18(10-20(26)25(21)12-16)15-7-8-17(22)19(9-15)27-2/h5,7-13H,3-4,6H2,1-2H3/t13-/m1/s1. The van der Waals surface area contributed by atoms with Crippen LogP contribution in [0.5, 0.6) is 5.75 Å². The lowest BCUT2D eigenvalue weighted by atomic mass is 9.89. The topological polar surface area (TPSA) is 56.5 Å². The second-order valence-electron chi connectivity index (χ2n) is 6.95. The zero-order valence-corrected chi connectivity index (χ0v) is 17.4. The summed E-state index contributed by atoms with van der Waals surface area (Å²) in [6, 6.07) is 7.33. The number of benzene rings is 1. The van der Waals surface area contributed by atoms with Gasteiger partial charge in [0.05, 0.1) is 16.4 Å². The fourth-order valence-electron chi connectivity index (χ4n) is 3.35. The minimum atomic E-state index is -0.133. The number of allylic oxidation sites excluding steroid dienone is 2. The van der Waals surface area contributed by atoms with Gasteiger partial charge in [-0.3, -0.25) is 9.20 Å². The number of nitrogens with zero attached hydrogens (tertiary/aromatic N) is 3. The number of hydrogen-bond acceptors (Lipinski definition) is 4. The van der Waals surface area contributed by atoms with E-state index in [1.165, 1.54) is 16.4 Å². The number of ether oxygens (including phenoxy) is 1. The molecular formula is C21H20IN3O2. The zero-order chi connectivity index (χ0) is 19.0. The van der Waals surface area contributed by atoms with Gasteiger partial charge in [-0.15, -0.1) is 0 Å². The third kappa shape index (κ3) is 3.63.